The van der Waals surface area contributed by atoms with Crippen molar-refractivity contribution in [2.24, 2.45) is 4.99 Å². The van der Waals surface area contributed by atoms with E-state index >= 15 is 0 Å². The third-order valence-electron chi connectivity index (χ3n) is 3.45. The topological polar surface area (TPSA) is 24.8 Å². The lowest BCUT2D eigenvalue weighted by Crippen LogP contribution is -2.22. The minimum Gasteiger partial charge on any atom is -0.380 e. The first-order valence-electron chi connectivity index (χ1n) is 6.46. The van der Waals surface area contributed by atoms with Gasteiger partial charge in [0, 0.05) is 26.7 Å². The molecule has 0 aromatic heterocycles. The molecule has 1 aromatic carbocycles. The van der Waals surface area contributed by atoms with Crippen LogP contribution in [0.3, 0.4) is 0 Å². The number of alkyl halides is 3. The van der Waals surface area contributed by atoms with Gasteiger partial charge in [-0.15, -0.1) is 0 Å². The Kier molecular flexibility index (Phi) is 5.11. The summed E-state index contributed by atoms with van der Waals surface area (Å²) < 4.78 is 43.9. The molecule has 0 radical (unpaired) electrons. The zero-order chi connectivity index (χ0) is 15.5. The summed E-state index contributed by atoms with van der Waals surface area (Å²) in [7, 11) is 1.64. The van der Waals surface area contributed by atoms with E-state index in [0.29, 0.717) is 12.1 Å². The lowest BCUT2D eigenvalue weighted by Gasteiger charge is -2.17. The second-order valence-corrected chi connectivity index (χ2v) is 5.15. The molecule has 3 nitrogen and oxygen atoms in total. The van der Waals surface area contributed by atoms with Gasteiger partial charge in [0.1, 0.15) is 0 Å². The normalized spacial score (nSPS) is 19.5. The van der Waals surface area contributed by atoms with Crippen LogP contribution >= 0.6 is 12.2 Å². The lowest BCUT2D eigenvalue weighted by atomic mass is 10.1. The fourth-order valence-corrected chi connectivity index (χ4v) is 2.54. The summed E-state index contributed by atoms with van der Waals surface area (Å²) in [5.74, 6) is 0. The molecule has 0 aliphatic carbocycles. The second-order valence-electron chi connectivity index (χ2n) is 4.97. The Hall–Kier alpha value is -1.27. The third kappa shape index (κ3) is 4.35. The quantitative estimate of drug-likeness (QED) is 0.626. The number of hydrogen-bond donors (Lipinski definition) is 0. The molecule has 0 unspecified atom stereocenters. The molecule has 0 saturated carbocycles. The number of methoxy groups -OCH3 is 1. The number of rotatable bonds is 4. The first kappa shape index (κ1) is 16.1. The van der Waals surface area contributed by atoms with Crippen LogP contribution in [0.5, 0.6) is 0 Å². The van der Waals surface area contributed by atoms with Gasteiger partial charge in [0.2, 0.25) is 0 Å². The molecule has 1 atom stereocenters. The van der Waals surface area contributed by atoms with Gasteiger partial charge in [-0.05, 0) is 42.4 Å². The van der Waals surface area contributed by atoms with Crippen molar-refractivity contribution in [3.05, 3.63) is 29.3 Å². The highest BCUT2D eigenvalue weighted by molar-refractivity contribution is 7.78. The van der Waals surface area contributed by atoms with Crippen molar-refractivity contribution in [1.29, 1.82) is 0 Å². The van der Waals surface area contributed by atoms with E-state index in [2.05, 4.69) is 27.3 Å². The van der Waals surface area contributed by atoms with Gasteiger partial charge in [0.15, 0.2) is 0 Å². The minimum absolute atomic E-state index is 0.147. The van der Waals surface area contributed by atoms with Crippen LogP contribution in [0.2, 0.25) is 0 Å². The van der Waals surface area contributed by atoms with E-state index in [4.69, 9.17) is 4.74 Å². The smallest absolute Gasteiger partial charge is 0.380 e. The van der Waals surface area contributed by atoms with Crippen LogP contribution in [-0.4, -0.2) is 36.4 Å². The Morgan fingerprint density at radius 1 is 1.43 bits per heavy atom. The first-order valence-corrected chi connectivity index (χ1v) is 6.87. The van der Waals surface area contributed by atoms with E-state index in [9.17, 15) is 13.2 Å². The monoisotopic (exact) mass is 316 g/mol. The van der Waals surface area contributed by atoms with E-state index in [-0.39, 0.29) is 11.8 Å². The summed E-state index contributed by atoms with van der Waals surface area (Å²) in [4.78, 5) is 5.73. The molecule has 7 heteroatoms. The highest BCUT2D eigenvalue weighted by atomic mass is 32.1. The Morgan fingerprint density at radius 2 is 2.19 bits per heavy atom. The molecule has 0 bridgehead atoms. The van der Waals surface area contributed by atoms with Crippen molar-refractivity contribution in [1.82, 2.24) is 4.90 Å². The van der Waals surface area contributed by atoms with Crippen LogP contribution in [-0.2, 0) is 17.5 Å². The molecule has 1 aliphatic rings. The van der Waals surface area contributed by atoms with Gasteiger partial charge < -0.3 is 4.74 Å². The largest absolute Gasteiger partial charge is 0.416 e. The molecule has 114 valence electrons. The summed E-state index contributed by atoms with van der Waals surface area (Å²) in [5.41, 5.74) is 0.0226. The van der Waals surface area contributed by atoms with E-state index < -0.39 is 11.7 Å². The van der Waals surface area contributed by atoms with Crippen LogP contribution in [0.15, 0.2) is 23.2 Å². The zero-order valence-electron chi connectivity index (χ0n) is 11.5. The fourth-order valence-electron chi connectivity index (χ4n) is 2.44. The number of likely N-dealkylation sites (tertiary alicyclic amines) is 1. The molecule has 1 aromatic rings. The SMILES string of the molecule is CO[C@@H]1CCN(Cc2cc(N=C=S)cc(C(F)(F)F)c2)C1. The van der Waals surface area contributed by atoms with Gasteiger partial charge in [0.25, 0.3) is 0 Å². The highest BCUT2D eigenvalue weighted by Crippen LogP contribution is 2.33. The summed E-state index contributed by atoms with van der Waals surface area (Å²) in [6.45, 7) is 1.96. The van der Waals surface area contributed by atoms with Crippen LogP contribution in [0.25, 0.3) is 0 Å². The van der Waals surface area contributed by atoms with Gasteiger partial charge in [-0.1, -0.05) is 0 Å². The number of isothiocyanates is 1. The van der Waals surface area contributed by atoms with Crippen LogP contribution in [0.4, 0.5) is 18.9 Å². The van der Waals surface area contributed by atoms with Crippen molar-refractivity contribution >= 4 is 23.1 Å². The van der Waals surface area contributed by atoms with Crippen molar-refractivity contribution in [3.8, 4) is 0 Å². The predicted octanol–water partition coefficient (Wildman–Crippen LogP) is 3.66. The number of aliphatic imine (C=N–C) groups is 1. The molecule has 21 heavy (non-hydrogen) atoms. The molecule has 1 heterocycles. The Morgan fingerprint density at radius 3 is 2.76 bits per heavy atom. The second kappa shape index (κ2) is 6.66. The van der Waals surface area contributed by atoms with E-state index in [0.717, 1.165) is 31.6 Å². The van der Waals surface area contributed by atoms with Gasteiger partial charge in [-0.3, -0.25) is 4.90 Å². The summed E-state index contributed by atoms with van der Waals surface area (Å²) in [5, 5.41) is 2.11. The Labute approximate surface area is 126 Å². The molecule has 1 fully saturated rings. The van der Waals surface area contributed by atoms with Crippen LogP contribution in [0, 0.1) is 0 Å². The van der Waals surface area contributed by atoms with Crippen molar-refractivity contribution in [2.45, 2.75) is 25.2 Å². The highest BCUT2D eigenvalue weighted by Gasteiger charge is 2.31. The van der Waals surface area contributed by atoms with E-state index in [1.165, 1.54) is 0 Å². The molecular weight excluding hydrogens is 301 g/mol. The maximum absolute atomic E-state index is 12.9. The number of thiocarbonyl (C=S) groups is 1. The number of benzene rings is 1. The average Bonchev–Trinajstić information content (AvgIpc) is 2.85. The maximum atomic E-state index is 12.9. The minimum atomic E-state index is -4.40. The van der Waals surface area contributed by atoms with Gasteiger partial charge in [0.05, 0.1) is 22.5 Å². The van der Waals surface area contributed by atoms with E-state index in [1.54, 1.807) is 13.2 Å². The van der Waals surface area contributed by atoms with Gasteiger partial charge in [-0.2, -0.15) is 18.2 Å². The molecular formula is C14H15F3N2OS. The van der Waals surface area contributed by atoms with Gasteiger partial charge >= 0.3 is 6.18 Å². The first-order chi connectivity index (χ1) is 9.92. The molecule has 0 N–H and O–H groups in total. The standard InChI is InChI=1S/C14H15F3N2OS/c1-20-13-2-3-19(8-13)7-10-4-11(14(15,16)17)6-12(5-10)18-9-21/h4-6,13H,2-3,7-8H2,1H3/t13-/m1/s1. The number of hydrogen-bond acceptors (Lipinski definition) is 4. The Bertz CT molecular complexity index is 556. The molecule has 1 aliphatic heterocycles. The van der Waals surface area contributed by atoms with Crippen LogP contribution < -0.4 is 0 Å². The maximum Gasteiger partial charge on any atom is 0.416 e. The third-order valence-corrected chi connectivity index (χ3v) is 3.54. The molecule has 2 rings (SSSR count). The van der Waals surface area contributed by atoms with Gasteiger partial charge in [-0.25, -0.2) is 0 Å². The van der Waals surface area contributed by atoms with Crippen molar-refractivity contribution in [3.63, 3.8) is 0 Å². The summed E-state index contributed by atoms with van der Waals surface area (Å²) >= 11 is 4.46. The number of halogens is 3. The molecule has 0 spiro atoms. The predicted molar refractivity (Wildman–Crippen MR) is 76.8 cm³/mol. The lowest BCUT2D eigenvalue weighted by molar-refractivity contribution is -0.137. The molecule has 0 amide bonds. The van der Waals surface area contributed by atoms with Crippen molar-refractivity contribution in [2.75, 3.05) is 20.2 Å². The average molecular weight is 316 g/mol. The summed E-state index contributed by atoms with van der Waals surface area (Å²) in [6.07, 6.45) is -3.36. The van der Waals surface area contributed by atoms with E-state index in [1.807, 2.05) is 0 Å². The van der Waals surface area contributed by atoms with Crippen LogP contribution in [0.1, 0.15) is 17.5 Å². The Balaban J connectivity index is 2.22. The number of ether oxygens (including phenoxy) is 1. The zero-order valence-corrected chi connectivity index (χ0v) is 12.3. The fraction of sp³-hybridized carbons (Fsp3) is 0.500. The summed E-state index contributed by atoms with van der Waals surface area (Å²) in [6, 6.07) is 3.74. The van der Waals surface area contributed by atoms with Crippen molar-refractivity contribution < 1.29 is 17.9 Å². The molecule has 1 saturated heterocycles. The number of nitrogens with zero attached hydrogens (tertiary/aromatic N) is 2.